The van der Waals surface area contributed by atoms with Crippen LogP contribution >= 0.6 is 0 Å². The topological polar surface area (TPSA) is 92.5 Å². The van der Waals surface area contributed by atoms with Gasteiger partial charge in [-0.25, -0.2) is 0 Å². The Hall–Kier alpha value is -2.11. The summed E-state index contributed by atoms with van der Waals surface area (Å²) in [6.45, 7) is 3.94. The Morgan fingerprint density at radius 3 is 2.72 bits per heavy atom. The van der Waals surface area contributed by atoms with Gasteiger partial charge in [-0.15, -0.1) is 0 Å². The lowest BCUT2D eigenvalue weighted by Crippen LogP contribution is -2.14. The predicted octanol–water partition coefficient (Wildman–Crippen LogP) is 2.43. The molecule has 6 nitrogen and oxygen atoms in total. The van der Waals surface area contributed by atoms with E-state index in [9.17, 15) is 14.9 Å². The number of nitrogens with zero attached hydrogens (tertiary/aromatic N) is 1. The van der Waals surface area contributed by atoms with Gasteiger partial charge in [-0.1, -0.05) is 6.92 Å². The molecule has 0 fully saturated rings. The lowest BCUT2D eigenvalue weighted by Gasteiger charge is -2.11. The Labute approximate surface area is 105 Å². The molecule has 0 amide bonds. The third kappa shape index (κ3) is 3.73. The maximum atomic E-state index is 10.6. The van der Waals surface area contributed by atoms with Crippen LogP contribution < -0.4 is 5.32 Å². The number of non-ortho nitro benzene ring substituents is 1. The number of nitro benzene ring substituents is 1. The van der Waals surface area contributed by atoms with Gasteiger partial charge in [0.25, 0.3) is 5.69 Å². The summed E-state index contributed by atoms with van der Waals surface area (Å²) in [4.78, 5) is 20.7. The van der Waals surface area contributed by atoms with Crippen LogP contribution in [0.2, 0.25) is 0 Å². The van der Waals surface area contributed by atoms with E-state index in [1.54, 1.807) is 19.9 Å². The van der Waals surface area contributed by atoms with Crippen LogP contribution in [0.3, 0.4) is 0 Å². The normalized spacial score (nSPS) is 11.9. The van der Waals surface area contributed by atoms with Gasteiger partial charge in [0.1, 0.15) is 0 Å². The van der Waals surface area contributed by atoms with Crippen molar-refractivity contribution in [2.24, 2.45) is 5.92 Å². The van der Waals surface area contributed by atoms with E-state index in [0.717, 1.165) is 11.3 Å². The molecule has 0 bridgehead atoms. The van der Waals surface area contributed by atoms with Crippen LogP contribution in [0.5, 0.6) is 0 Å². The molecule has 1 aromatic rings. The second-order valence-corrected chi connectivity index (χ2v) is 4.21. The van der Waals surface area contributed by atoms with Crippen LogP contribution in [-0.4, -0.2) is 22.5 Å². The van der Waals surface area contributed by atoms with Crippen LogP contribution in [0.1, 0.15) is 18.9 Å². The summed E-state index contributed by atoms with van der Waals surface area (Å²) in [7, 11) is 0. The van der Waals surface area contributed by atoms with E-state index < -0.39 is 16.8 Å². The van der Waals surface area contributed by atoms with Crippen molar-refractivity contribution in [1.82, 2.24) is 0 Å². The second kappa shape index (κ2) is 6.00. The van der Waals surface area contributed by atoms with E-state index in [1.807, 2.05) is 0 Å². The minimum Gasteiger partial charge on any atom is -0.481 e. The van der Waals surface area contributed by atoms with Gasteiger partial charge in [-0.2, -0.15) is 0 Å². The number of carboxylic acids is 1. The minimum atomic E-state index is -0.822. The molecule has 0 heterocycles. The van der Waals surface area contributed by atoms with Gasteiger partial charge in [0.05, 0.1) is 10.8 Å². The van der Waals surface area contributed by atoms with Gasteiger partial charge in [0.2, 0.25) is 0 Å². The number of carbonyl (C=O) groups is 1. The molecule has 0 aromatic heterocycles. The van der Waals surface area contributed by atoms with Crippen molar-refractivity contribution in [2.45, 2.75) is 20.3 Å². The fraction of sp³-hybridized carbons (Fsp3) is 0.417. The minimum absolute atomic E-state index is 0.0527. The molecule has 0 aliphatic carbocycles. The lowest BCUT2D eigenvalue weighted by atomic mass is 10.1. The van der Waals surface area contributed by atoms with E-state index in [0.29, 0.717) is 13.0 Å². The molecule has 2 N–H and O–H groups in total. The highest BCUT2D eigenvalue weighted by atomic mass is 16.6. The van der Waals surface area contributed by atoms with Crippen LogP contribution in [0.4, 0.5) is 11.4 Å². The molecular formula is C12H16N2O4. The van der Waals surface area contributed by atoms with Crippen molar-refractivity contribution in [1.29, 1.82) is 0 Å². The fourth-order valence-corrected chi connectivity index (χ4v) is 1.51. The molecule has 0 saturated carbocycles. The number of aliphatic carboxylic acids is 1. The van der Waals surface area contributed by atoms with Crippen molar-refractivity contribution in [2.75, 3.05) is 11.9 Å². The lowest BCUT2D eigenvalue weighted by molar-refractivity contribution is -0.384. The highest BCUT2D eigenvalue weighted by Gasteiger charge is 2.11. The Bertz CT molecular complexity index is 459. The SMILES string of the molecule is Cc1cc([N+](=O)[O-])ccc1NCCC(C)C(=O)O. The molecule has 0 spiro atoms. The smallest absolute Gasteiger partial charge is 0.306 e. The summed E-state index contributed by atoms with van der Waals surface area (Å²) in [6, 6.07) is 4.55. The Balaban J connectivity index is 2.58. The first kappa shape index (κ1) is 14.0. The number of hydrogen-bond donors (Lipinski definition) is 2. The van der Waals surface area contributed by atoms with E-state index in [1.165, 1.54) is 12.1 Å². The standard InChI is InChI=1S/C12H16N2O4/c1-8(12(15)16)5-6-13-11-4-3-10(14(17)18)7-9(11)2/h3-4,7-8,13H,5-6H2,1-2H3,(H,15,16). The third-order valence-electron chi connectivity index (χ3n) is 2.74. The quantitative estimate of drug-likeness (QED) is 0.599. The summed E-state index contributed by atoms with van der Waals surface area (Å²) in [5.74, 6) is -1.23. The predicted molar refractivity (Wildman–Crippen MR) is 67.7 cm³/mol. The Kier molecular flexibility index (Phi) is 4.65. The highest BCUT2D eigenvalue weighted by molar-refractivity contribution is 5.69. The van der Waals surface area contributed by atoms with Crippen molar-refractivity contribution in [3.05, 3.63) is 33.9 Å². The summed E-state index contributed by atoms with van der Waals surface area (Å²) in [6.07, 6.45) is 0.506. The molecular weight excluding hydrogens is 236 g/mol. The zero-order valence-electron chi connectivity index (χ0n) is 10.3. The molecule has 6 heteroatoms. The van der Waals surface area contributed by atoms with E-state index in [4.69, 9.17) is 5.11 Å². The highest BCUT2D eigenvalue weighted by Crippen LogP contribution is 2.21. The zero-order valence-corrected chi connectivity index (χ0v) is 10.3. The first-order valence-corrected chi connectivity index (χ1v) is 5.63. The monoisotopic (exact) mass is 252 g/mol. The summed E-state index contributed by atoms with van der Waals surface area (Å²) in [5.41, 5.74) is 1.61. The van der Waals surface area contributed by atoms with E-state index in [-0.39, 0.29) is 5.69 Å². The first-order valence-electron chi connectivity index (χ1n) is 5.63. The van der Waals surface area contributed by atoms with Crippen molar-refractivity contribution in [3.63, 3.8) is 0 Å². The van der Waals surface area contributed by atoms with Gasteiger partial charge in [0, 0.05) is 24.4 Å². The molecule has 98 valence electrons. The third-order valence-corrected chi connectivity index (χ3v) is 2.74. The van der Waals surface area contributed by atoms with Crippen LogP contribution in [0.25, 0.3) is 0 Å². The van der Waals surface area contributed by atoms with Gasteiger partial charge in [-0.3, -0.25) is 14.9 Å². The zero-order chi connectivity index (χ0) is 13.7. The Morgan fingerprint density at radius 1 is 1.56 bits per heavy atom. The van der Waals surface area contributed by atoms with Gasteiger partial charge < -0.3 is 10.4 Å². The molecule has 1 rings (SSSR count). The number of rotatable bonds is 6. The maximum absolute atomic E-state index is 10.6. The molecule has 1 atom stereocenters. The maximum Gasteiger partial charge on any atom is 0.306 e. The summed E-state index contributed by atoms with van der Waals surface area (Å²) >= 11 is 0. The largest absolute Gasteiger partial charge is 0.481 e. The number of nitrogens with one attached hydrogen (secondary N) is 1. The number of aryl methyl sites for hydroxylation is 1. The van der Waals surface area contributed by atoms with E-state index >= 15 is 0 Å². The molecule has 1 aromatic carbocycles. The van der Waals surface area contributed by atoms with Gasteiger partial charge in [-0.05, 0) is 25.0 Å². The van der Waals surface area contributed by atoms with Crippen molar-refractivity contribution < 1.29 is 14.8 Å². The second-order valence-electron chi connectivity index (χ2n) is 4.21. The Morgan fingerprint density at radius 2 is 2.22 bits per heavy atom. The van der Waals surface area contributed by atoms with Crippen LogP contribution in [-0.2, 0) is 4.79 Å². The molecule has 0 aliphatic rings. The number of benzene rings is 1. The number of anilines is 1. The first-order chi connectivity index (χ1) is 8.41. The summed E-state index contributed by atoms with van der Waals surface area (Å²) < 4.78 is 0. The van der Waals surface area contributed by atoms with Crippen molar-refractivity contribution >= 4 is 17.3 Å². The molecule has 0 radical (unpaired) electrons. The number of carboxylic acid groups (broad SMARTS) is 1. The van der Waals surface area contributed by atoms with Crippen molar-refractivity contribution in [3.8, 4) is 0 Å². The average molecular weight is 252 g/mol. The molecule has 18 heavy (non-hydrogen) atoms. The summed E-state index contributed by atoms with van der Waals surface area (Å²) in [5, 5.41) is 22.4. The fourth-order valence-electron chi connectivity index (χ4n) is 1.51. The van der Waals surface area contributed by atoms with Crippen LogP contribution in [0.15, 0.2) is 18.2 Å². The van der Waals surface area contributed by atoms with Crippen LogP contribution in [0, 0.1) is 23.0 Å². The van der Waals surface area contributed by atoms with Gasteiger partial charge >= 0.3 is 5.97 Å². The molecule has 1 unspecified atom stereocenters. The number of hydrogen-bond acceptors (Lipinski definition) is 4. The van der Waals surface area contributed by atoms with E-state index in [2.05, 4.69) is 5.32 Å². The molecule has 0 aliphatic heterocycles. The van der Waals surface area contributed by atoms with Gasteiger partial charge in [0.15, 0.2) is 0 Å². The number of nitro groups is 1. The average Bonchev–Trinajstić information content (AvgIpc) is 2.30. The molecule has 0 saturated heterocycles.